The Morgan fingerprint density at radius 2 is 1.94 bits per heavy atom. The van der Waals surface area contributed by atoms with Crippen LogP contribution in [0.15, 0.2) is 17.5 Å². The Bertz CT molecular complexity index is 563. The first-order valence-corrected chi connectivity index (χ1v) is 6.84. The maximum atomic E-state index is 9.64. The van der Waals surface area contributed by atoms with Crippen LogP contribution in [0.1, 0.15) is 34.8 Å². The first-order valence-electron chi connectivity index (χ1n) is 5.96. The molecule has 18 heavy (non-hydrogen) atoms. The molecule has 0 radical (unpaired) electrons. The SMILES string of the molecule is Cc1nc(C(C)Nc2cc(C)c(O)cc2C)cs1. The lowest BCUT2D eigenvalue weighted by Crippen LogP contribution is -2.08. The van der Waals surface area contributed by atoms with E-state index in [1.165, 1.54) is 0 Å². The van der Waals surface area contributed by atoms with Crippen molar-refractivity contribution in [3.63, 3.8) is 0 Å². The summed E-state index contributed by atoms with van der Waals surface area (Å²) >= 11 is 1.66. The maximum Gasteiger partial charge on any atom is 0.118 e. The number of rotatable bonds is 3. The van der Waals surface area contributed by atoms with Crippen LogP contribution in [0, 0.1) is 20.8 Å². The van der Waals surface area contributed by atoms with Crippen molar-refractivity contribution in [3.05, 3.63) is 39.3 Å². The minimum Gasteiger partial charge on any atom is -0.508 e. The monoisotopic (exact) mass is 262 g/mol. The third kappa shape index (κ3) is 2.64. The van der Waals surface area contributed by atoms with Gasteiger partial charge in [-0.25, -0.2) is 4.98 Å². The van der Waals surface area contributed by atoms with Crippen LogP contribution in [0.2, 0.25) is 0 Å². The Hall–Kier alpha value is -1.55. The molecule has 2 rings (SSSR count). The lowest BCUT2D eigenvalue weighted by Gasteiger charge is -2.16. The number of aromatic nitrogens is 1. The van der Waals surface area contributed by atoms with Crippen molar-refractivity contribution in [2.24, 2.45) is 0 Å². The molecule has 2 aromatic rings. The van der Waals surface area contributed by atoms with Gasteiger partial charge in [0.15, 0.2) is 0 Å². The van der Waals surface area contributed by atoms with E-state index in [0.717, 1.165) is 27.5 Å². The fraction of sp³-hybridized carbons (Fsp3) is 0.357. The molecule has 1 aromatic carbocycles. The van der Waals surface area contributed by atoms with E-state index in [2.05, 4.69) is 22.6 Å². The second kappa shape index (κ2) is 4.98. The third-order valence-electron chi connectivity index (χ3n) is 3.00. The van der Waals surface area contributed by atoms with Gasteiger partial charge in [0.2, 0.25) is 0 Å². The van der Waals surface area contributed by atoms with Gasteiger partial charge in [-0.1, -0.05) is 0 Å². The van der Waals surface area contributed by atoms with Crippen molar-refractivity contribution in [1.82, 2.24) is 4.98 Å². The molecule has 0 saturated carbocycles. The number of hydrogen-bond donors (Lipinski definition) is 2. The summed E-state index contributed by atoms with van der Waals surface area (Å²) in [5.41, 5.74) is 4.02. The highest BCUT2D eigenvalue weighted by Crippen LogP contribution is 2.28. The molecule has 0 aliphatic rings. The summed E-state index contributed by atoms with van der Waals surface area (Å²) in [6, 6.07) is 3.93. The molecule has 0 amide bonds. The van der Waals surface area contributed by atoms with E-state index in [4.69, 9.17) is 0 Å². The summed E-state index contributed by atoms with van der Waals surface area (Å²) in [5.74, 6) is 0.343. The summed E-state index contributed by atoms with van der Waals surface area (Å²) in [7, 11) is 0. The molecular formula is C14H18N2OS. The Kier molecular flexibility index (Phi) is 3.57. The lowest BCUT2D eigenvalue weighted by molar-refractivity contribution is 0.470. The first-order chi connectivity index (χ1) is 8.47. The van der Waals surface area contributed by atoms with Crippen molar-refractivity contribution in [2.75, 3.05) is 5.32 Å². The number of benzene rings is 1. The maximum absolute atomic E-state index is 9.64. The second-order valence-corrected chi connectivity index (χ2v) is 5.67. The zero-order chi connectivity index (χ0) is 13.3. The standard InChI is InChI=1S/C14H18N2OS/c1-8-6-14(17)9(2)5-12(8)15-10(3)13-7-18-11(4)16-13/h5-7,10,15,17H,1-4H3. The molecule has 0 saturated heterocycles. The van der Waals surface area contributed by atoms with E-state index in [0.29, 0.717) is 5.75 Å². The Labute approximate surface area is 112 Å². The smallest absolute Gasteiger partial charge is 0.118 e. The number of thiazole rings is 1. The van der Waals surface area contributed by atoms with Gasteiger partial charge in [-0.15, -0.1) is 11.3 Å². The Morgan fingerprint density at radius 3 is 2.56 bits per heavy atom. The quantitative estimate of drug-likeness (QED) is 0.823. The predicted octanol–water partition coefficient (Wildman–Crippen LogP) is 3.95. The van der Waals surface area contributed by atoms with Crippen molar-refractivity contribution < 1.29 is 5.11 Å². The second-order valence-electron chi connectivity index (χ2n) is 4.61. The molecule has 96 valence electrons. The van der Waals surface area contributed by atoms with E-state index < -0.39 is 0 Å². The summed E-state index contributed by atoms with van der Waals surface area (Å²) in [4.78, 5) is 4.48. The minimum absolute atomic E-state index is 0.164. The Balaban J connectivity index is 2.21. The van der Waals surface area contributed by atoms with Crippen LogP contribution in [0.5, 0.6) is 5.75 Å². The molecular weight excluding hydrogens is 244 g/mol. The van der Waals surface area contributed by atoms with E-state index in [-0.39, 0.29) is 6.04 Å². The van der Waals surface area contributed by atoms with E-state index in [9.17, 15) is 5.11 Å². The largest absolute Gasteiger partial charge is 0.508 e. The highest BCUT2D eigenvalue weighted by molar-refractivity contribution is 7.09. The third-order valence-corrected chi connectivity index (χ3v) is 3.79. The van der Waals surface area contributed by atoms with Gasteiger partial charge in [0, 0.05) is 11.1 Å². The van der Waals surface area contributed by atoms with Crippen molar-refractivity contribution in [3.8, 4) is 5.75 Å². The van der Waals surface area contributed by atoms with Crippen LogP contribution in [0.25, 0.3) is 0 Å². The lowest BCUT2D eigenvalue weighted by atomic mass is 10.1. The fourth-order valence-electron chi connectivity index (χ4n) is 1.84. The summed E-state index contributed by atoms with van der Waals surface area (Å²) in [5, 5.41) is 16.2. The van der Waals surface area contributed by atoms with Crippen molar-refractivity contribution >= 4 is 17.0 Å². The molecule has 1 aromatic heterocycles. The number of aromatic hydroxyl groups is 1. The van der Waals surface area contributed by atoms with Crippen LogP contribution in [0.4, 0.5) is 5.69 Å². The molecule has 1 atom stereocenters. The van der Waals surface area contributed by atoms with Crippen molar-refractivity contribution in [1.29, 1.82) is 0 Å². The predicted molar refractivity (Wildman–Crippen MR) is 76.5 cm³/mol. The molecule has 3 nitrogen and oxygen atoms in total. The average molecular weight is 262 g/mol. The zero-order valence-corrected chi connectivity index (χ0v) is 11.9. The molecule has 4 heteroatoms. The molecule has 0 aliphatic carbocycles. The van der Waals surface area contributed by atoms with Crippen LogP contribution < -0.4 is 5.32 Å². The van der Waals surface area contributed by atoms with Gasteiger partial charge < -0.3 is 10.4 Å². The fourth-order valence-corrected chi connectivity index (χ4v) is 2.55. The van der Waals surface area contributed by atoms with Gasteiger partial charge in [-0.05, 0) is 51.0 Å². The highest BCUT2D eigenvalue weighted by atomic mass is 32.1. The van der Waals surface area contributed by atoms with E-state index in [1.807, 2.05) is 26.8 Å². The number of phenolic OH excluding ortho intramolecular Hbond substituents is 1. The number of nitrogens with zero attached hydrogens (tertiary/aromatic N) is 1. The van der Waals surface area contributed by atoms with Gasteiger partial charge in [0.1, 0.15) is 5.75 Å². The van der Waals surface area contributed by atoms with Crippen molar-refractivity contribution in [2.45, 2.75) is 33.7 Å². The average Bonchev–Trinajstić information content (AvgIpc) is 2.73. The van der Waals surface area contributed by atoms with Gasteiger partial charge in [0.25, 0.3) is 0 Å². The van der Waals surface area contributed by atoms with Gasteiger partial charge in [-0.2, -0.15) is 0 Å². The van der Waals surface area contributed by atoms with Gasteiger partial charge in [-0.3, -0.25) is 0 Å². The highest BCUT2D eigenvalue weighted by Gasteiger charge is 2.11. The summed E-state index contributed by atoms with van der Waals surface area (Å²) < 4.78 is 0. The normalized spacial score (nSPS) is 12.4. The molecule has 1 heterocycles. The first kappa shape index (κ1) is 12.9. The molecule has 0 aliphatic heterocycles. The zero-order valence-electron chi connectivity index (χ0n) is 11.1. The number of anilines is 1. The number of aryl methyl sites for hydroxylation is 3. The van der Waals surface area contributed by atoms with Crippen LogP contribution >= 0.6 is 11.3 Å². The number of nitrogens with one attached hydrogen (secondary N) is 1. The number of hydrogen-bond acceptors (Lipinski definition) is 4. The molecule has 2 N–H and O–H groups in total. The van der Waals surface area contributed by atoms with E-state index >= 15 is 0 Å². The molecule has 0 spiro atoms. The van der Waals surface area contributed by atoms with Gasteiger partial charge in [0.05, 0.1) is 16.7 Å². The van der Waals surface area contributed by atoms with E-state index in [1.54, 1.807) is 17.4 Å². The number of phenols is 1. The molecule has 0 fully saturated rings. The molecule has 0 bridgehead atoms. The topological polar surface area (TPSA) is 45.2 Å². The molecule has 1 unspecified atom stereocenters. The Morgan fingerprint density at radius 1 is 1.22 bits per heavy atom. The summed E-state index contributed by atoms with van der Waals surface area (Å²) in [6.45, 7) is 7.99. The summed E-state index contributed by atoms with van der Waals surface area (Å²) in [6.07, 6.45) is 0. The van der Waals surface area contributed by atoms with Crippen LogP contribution in [-0.4, -0.2) is 10.1 Å². The minimum atomic E-state index is 0.164. The van der Waals surface area contributed by atoms with Crippen LogP contribution in [-0.2, 0) is 0 Å². The van der Waals surface area contributed by atoms with Crippen LogP contribution in [0.3, 0.4) is 0 Å². The van der Waals surface area contributed by atoms with Gasteiger partial charge >= 0.3 is 0 Å².